The highest BCUT2D eigenvalue weighted by Gasteiger charge is 2.51. The van der Waals surface area contributed by atoms with E-state index in [4.69, 9.17) is 9.47 Å². The first kappa shape index (κ1) is 61.0. The molecule has 0 spiro atoms. The summed E-state index contributed by atoms with van der Waals surface area (Å²) in [6, 6.07) is 14.3. The van der Waals surface area contributed by atoms with Crippen LogP contribution >= 0.6 is 0 Å². The molecule has 2 aromatic carbocycles. The summed E-state index contributed by atoms with van der Waals surface area (Å²) in [6.45, 7) is 12.2. The maximum Gasteiger partial charge on any atom is 0.253 e. The standard InChI is InChI=1S/C60H85N7O11/c1-10-38(4)55(64(7)60(76)54(37(2)3)63-59(75)56-43-24-27-46(33-43)67(56)40(6)68)49(77-8)35-53(73)65-31-17-20-47(65)57(78-9)39(5)48(69)34-44(32-41-18-13-11-14-19-41)58(74)62-45-25-22-42(23-26-45)36-61-50(70)21-15-12-16-30-66-51(71)28-29-52(66)72/h11,13-14,18-19,22-23,25-26,28-29,37-39,43-44,46-47,49,54-57H,10,12,15-17,20-21,24,27,30-36H2,1-9H3,(H,61,70)(H,62,74)(H,63,75)/t38-,39-,43-,44+,46-,47-,49+,54-,55-,56-,57+/m0/s1. The molecule has 2 aromatic rings. The number of fused-ring (bicyclic) bond motifs is 2. The van der Waals surface area contributed by atoms with Crippen LogP contribution in [0.5, 0.6) is 0 Å². The van der Waals surface area contributed by atoms with Crippen LogP contribution in [0.15, 0.2) is 66.7 Å². The number of likely N-dealkylation sites (N-methyl/N-ethyl adjacent to an activating group) is 1. The lowest BCUT2D eigenvalue weighted by Gasteiger charge is -2.41. The van der Waals surface area contributed by atoms with E-state index in [0.29, 0.717) is 76.7 Å². The number of hydrogen-bond acceptors (Lipinski definition) is 11. The molecule has 1 aliphatic carbocycles. The van der Waals surface area contributed by atoms with Gasteiger partial charge in [0.05, 0.1) is 30.7 Å². The fraction of sp³-hybridized carbons (Fsp3) is 0.617. The van der Waals surface area contributed by atoms with Gasteiger partial charge in [-0.2, -0.15) is 0 Å². The highest BCUT2D eigenvalue weighted by Crippen LogP contribution is 2.43. The number of imide groups is 1. The molecule has 1 saturated carbocycles. The van der Waals surface area contributed by atoms with E-state index in [1.807, 2.05) is 70.2 Å². The molecule has 3 N–H and O–H groups in total. The summed E-state index contributed by atoms with van der Waals surface area (Å²) in [7, 11) is 4.78. The summed E-state index contributed by atoms with van der Waals surface area (Å²) in [6.07, 6.45) is 8.08. The van der Waals surface area contributed by atoms with Crippen molar-refractivity contribution < 1.29 is 52.6 Å². The molecule has 8 amide bonds. The van der Waals surface area contributed by atoms with Crippen LogP contribution in [-0.2, 0) is 65.6 Å². The average Bonchev–Trinajstić information content (AvgIpc) is 4.38. The van der Waals surface area contributed by atoms with E-state index in [1.165, 1.54) is 31.1 Å². The molecule has 18 nitrogen and oxygen atoms in total. The number of ether oxygens (including phenoxy) is 2. The number of likely N-dealkylation sites (tertiary alicyclic amines) is 2. The van der Waals surface area contributed by atoms with Crippen molar-refractivity contribution in [1.29, 1.82) is 0 Å². The van der Waals surface area contributed by atoms with E-state index >= 15 is 0 Å². The topological polar surface area (TPSA) is 221 Å². The molecule has 4 aliphatic rings. The summed E-state index contributed by atoms with van der Waals surface area (Å²) >= 11 is 0. The largest absolute Gasteiger partial charge is 0.379 e. The van der Waals surface area contributed by atoms with Crippen LogP contribution in [-0.4, -0.2) is 149 Å². The van der Waals surface area contributed by atoms with Gasteiger partial charge in [-0.05, 0) is 92.4 Å². The van der Waals surface area contributed by atoms with E-state index in [-0.39, 0.29) is 89.7 Å². The number of rotatable bonds is 29. The lowest BCUT2D eigenvalue weighted by molar-refractivity contribution is -0.148. The molecule has 0 radical (unpaired) electrons. The van der Waals surface area contributed by atoms with Gasteiger partial charge in [0.1, 0.15) is 17.9 Å². The Morgan fingerprint density at radius 3 is 2.14 bits per heavy atom. The van der Waals surface area contributed by atoms with Crippen molar-refractivity contribution in [1.82, 2.24) is 30.2 Å². The first-order chi connectivity index (χ1) is 37.3. The summed E-state index contributed by atoms with van der Waals surface area (Å²) < 4.78 is 12.2. The third kappa shape index (κ3) is 15.3. The minimum atomic E-state index is -0.874. The molecule has 11 atom stereocenters. The van der Waals surface area contributed by atoms with Crippen molar-refractivity contribution in [3.63, 3.8) is 0 Å². The number of amides is 8. The van der Waals surface area contributed by atoms with Gasteiger partial charge >= 0.3 is 0 Å². The third-order valence-corrected chi connectivity index (χ3v) is 16.8. The van der Waals surface area contributed by atoms with Crippen molar-refractivity contribution in [2.24, 2.45) is 29.6 Å². The lowest BCUT2D eigenvalue weighted by atomic mass is 9.85. The van der Waals surface area contributed by atoms with Gasteiger partial charge in [-0.1, -0.05) is 89.9 Å². The van der Waals surface area contributed by atoms with Gasteiger partial charge in [0.2, 0.25) is 35.4 Å². The van der Waals surface area contributed by atoms with Gasteiger partial charge < -0.3 is 40.1 Å². The number of benzene rings is 2. The van der Waals surface area contributed by atoms with Crippen LogP contribution in [0.25, 0.3) is 0 Å². The summed E-state index contributed by atoms with van der Waals surface area (Å²) in [5.41, 5.74) is 2.26. The number of piperidine rings is 1. The molecular weight excluding hydrogens is 995 g/mol. The number of ketones is 1. The van der Waals surface area contributed by atoms with Gasteiger partial charge in [-0.15, -0.1) is 0 Å². The molecular formula is C60H85N7O11. The molecule has 426 valence electrons. The zero-order valence-electron chi connectivity index (χ0n) is 47.4. The molecule has 18 heteroatoms. The van der Waals surface area contributed by atoms with Gasteiger partial charge in [-0.3, -0.25) is 48.1 Å². The Bertz CT molecular complexity index is 2450. The molecule has 3 fully saturated rings. The van der Waals surface area contributed by atoms with E-state index in [0.717, 1.165) is 30.4 Å². The number of carbonyl (C=O) groups excluding carboxylic acids is 9. The Hall–Kier alpha value is -6.27. The predicted molar refractivity (Wildman–Crippen MR) is 295 cm³/mol. The normalized spacial score (nSPS) is 21.5. The molecule has 0 aromatic heterocycles. The molecule has 0 unspecified atom stereocenters. The van der Waals surface area contributed by atoms with Crippen molar-refractivity contribution in [2.75, 3.05) is 39.7 Å². The first-order valence-electron chi connectivity index (χ1n) is 28.3. The second-order valence-corrected chi connectivity index (χ2v) is 22.4. The average molecular weight is 1080 g/mol. The minimum Gasteiger partial charge on any atom is -0.379 e. The van der Waals surface area contributed by atoms with Crippen LogP contribution < -0.4 is 16.0 Å². The zero-order chi connectivity index (χ0) is 56.8. The zero-order valence-corrected chi connectivity index (χ0v) is 47.4. The Kier molecular flexibility index (Phi) is 22.3. The monoisotopic (exact) mass is 1080 g/mol. The molecule has 2 saturated heterocycles. The van der Waals surface area contributed by atoms with Gasteiger partial charge in [0.25, 0.3) is 11.8 Å². The van der Waals surface area contributed by atoms with Gasteiger partial charge in [0.15, 0.2) is 0 Å². The fourth-order valence-electron chi connectivity index (χ4n) is 12.3. The first-order valence-corrected chi connectivity index (χ1v) is 28.3. The van der Waals surface area contributed by atoms with E-state index < -0.39 is 48.2 Å². The van der Waals surface area contributed by atoms with Crippen LogP contribution in [0.2, 0.25) is 0 Å². The molecule has 78 heavy (non-hydrogen) atoms. The smallest absolute Gasteiger partial charge is 0.253 e. The number of nitrogens with one attached hydrogen (secondary N) is 3. The molecule has 3 heterocycles. The van der Waals surface area contributed by atoms with E-state index in [1.54, 1.807) is 47.9 Å². The van der Waals surface area contributed by atoms with Gasteiger partial charge in [0, 0.05) is 96.4 Å². The number of hydrogen-bond donors (Lipinski definition) is 3. The van der Waals surface area contributed by atoms with Crippen molar-refractivity contribution in [2.45, 2.75) is 174 Å². The predicted octanol–water partition coefficient (Wildman–Crippen LogP) is 6.01. The minimum absolute atomic E-state index is 0.0422. The fourth-order valence-corrected chi connectivity index (χ4v) is 12.3. The third-order valence-electron chi connectivity index (χ3n) is 16.8. The summed E-state index contributed by atoms with van der Waals surface area (Å²) in [5, 5.41) is 8.97. The van der Waals surface area contributed by atoms with Crippen molar-refractivity contribution >= 4 is 58.7 Å². The Labute approximate surface area is 461 Å². The highest BCUT2D eigenvalue weighted by molar-refractivity contribution is 6.12. The highest BCUT2D eigenvalue weighted by atomic mass is 16.5. The summed E-state index contributed by atoms with van der Waals surface area (Å²) in [5.74, 6) is -3.91. The second-order valence-electron chi connectivity index (χ2n) is 22.4. The number of nitrogens with zero attached hydrogens (tertiary/aromatic N) is 4. The Balaban J connectivity index is 1.05. The quantitative estimate of drug-likeness (QED) is 0.0633. The summed E-state index contributed by atoms with van der Waals surface area (Å²) in [4.78, 5) is 127. The molecule has 2 bridgehead atoms. The second kappa shape index (κ2) is 28.6. The van der Waals surface area contributed by atoms with Crippen LogP contribution in [0.1, 0.15) is 130 Å². The maximum atomic E-state index is 14.6. The number of carbonyl (C=O) groups is 9. The Morgan fingerprint density at radius 1 is 0.821 bits per heavy atom. The van der Waals surface area contributed by atoms with Crippen molar-refractivity contribution in [3.8, 4) is 0 Å². The SMILES string of the molecule is CC[C@H](C)[C@@H]([C@@H](CC(=O)N1CCC[C@H]1[C@H](OC)[C@@H](C)C(=O)C[C@@H](Cc1ccccc1)C(=O)Nc1ccc(CNC(=O)CCCCCN2C(=O)C=CC2=O)cc1)OC)N(C)C(=O)[C@@H](NC(=O)[C@@H]1[C@H]2CC[C@@H](C2)N1C(C)=O)C(C)C. The number of methoxy groups -OCH3 is 2. The van der Waals surface area contributed by atoms with Crippen LogP contribution in [0.3, 0.4) is 0 Å². The van der Waals surface area contributed by atoms with Gasteiger partial charge in [-0.25, -0.2) is 0 Å². The number of anilines is 1. The number of Topliss-reactive ketones (excluding diaryl/α,β-unsaturated/α-hetero) is 1. The lowest BCUT2D eigenvalue weighted by Crippen LogP contribution is -2.60. The number of unbranched alkanes of at least 4 members (excludes halogenated alkanes) is 2. The van der Waals surface area contributed by atoms with E-state index in [9.17, 15) is 43.2 Å². The van der Waals surface area contributed by atoms with Crippen LogP contribution in [0, 0.1) is 29.6 Å². The van der Waals surface area contributed by atoms with Crippen LogP contribution in [0.4, 0.5) is 5.69 Å². The van der Waals surface area contributed by atoms with E-state index in [2.05, 4.69) is 16.0 Å². The molecule has 3 aliphatic heterocycles. The Morgan fingerprint density at radius 2 is 1.51 bits per heavy atom. The maximum absolute atomic E-state index is 14.6. The van der Waals surface area contributed by atoms with Crippen molar-refractivity contribution in [3.05, 3.63) is 77.9 Å². The molecule has 6 rings (SSSR count).